The number of ether oxygens (including phenoxy) is 1. The molecule has 2 aromatic rings. The van der Waals surface area contributed by atoms with Crippen LogP contribution in [0.25, 0.3) is 5.57 Å². The van der Waals surface area contributed by atoms with Gasteiger partial charge in [0.15, 0.2) is 0 Å². The molecule has 1 aromatic carbocycles. The lowest BCUT2D eigenvalue weighted by molar-refractivity contribution is -0.137. The Balaban J connectivity index is 1.60. The van der Waals surface area contributed by atoms with Gasteiger partial charge in [-0.2, -0.15) is 0 Å². The minimum Gasteiger partial charge on any atom is -0.378 e. The van der Waals surface area contributed by atoms with E-state index >= 15 is 0 Å². The van der Waals surface area contributed by atoms with Crippen LogP contribution in [-0.4, -0.2) is 54.5 Å². The quantitative estimate of drug-likeness (QED) is 0.721. The molecule has 1 fully saturated rings. The second kappa shape index (κ2) is 7.84. The Hall–Kier alpha value is -2.15. The molecule has 27 heavy (non-hydrogen) atoms. The lowest BCUT2D eigenvalue weighted by atomic mass is 10.1. The third-order valence-corrected chi connectivity index (χ3v) is 5.92. The van der Waals surface area contributed by atoms with Gasteiger partial charge in [0.2, 0.25) is 0 Å². The Labute approximate surface area is 166 Å². The fraction of sp³-hybridized carbons (Fsp3) is 0.300. The van der Waals surface area contributed by atoms with E-state index in [0.29, 0.717) is 55.6 Å². The van der Waals surface area contributed by atoms with E-state index in [1.165, 1.54) is 16.2 Å². The summed E-state index contributed by atoms with van der Waals surface area (Å²) >= 11 is 7.41. The van der Waals surface area contributed by atoms with E-state index < -0.39 is 0 Å². The third kappa shape index (κ3) is 3.65. The highest BCUT2D eigenvalue weighted by Gasteiger charge is 2.41. The number of imide groups is 1. The lowest BCUT2D eigenvalue weighted by Gasteiger charge is -2.29. The molecule has 0 N–H and O–H groups in total. The van der Waals surface area contributed by atoms with Gasteiger partial charge in [-0.25, -0.2) is 0 Å². The van der Waals surface area contributed by atoms with Crippen molar-refractivity contribution >= 4 is 40.3 Å². The monoisotopic (exact) mass is 402 g/mol. The average molecular weight is 403 g/mol. The highest BCUT2D eigenvalue weighted by atomic mass is 35.5. The first kappa shape index (κ1) is 18.2. The first-order chi connectivity index (χ1) is 13.1. The average Bonchev–Trinajstić information content (AvgIpc) is 3.29. The zero-order valence-electron chi connectivity index (χ0n) is 14.7. The van der Waals surface area contributed by atoms with Crippen LogP contribution in [0.2, 0.25) is 5.02 Å². The second-order valence-electron chi connectivity index (χ2n) is 6.44. The van der Waals surface area contributed by atoms with Gasteiger partial charge in [-0.3, -0.25) is 14.5 Å². The van der Waals surface area contributed by atoms with Crippen LogP contribution >= 0.6 is 22.9 Å². The maximum atomic E-state index is 13.1. The zero-order chi connectivity index (χ0) is 18.8. The number of rotatable bonds is 5. The van der Waals surface area contributed by atoms with Crippen LogP contribution in [-0.2, 0) is 20.7 Å². The molecule has 0 unspecified atom stereocenters. The van der Waals surface area contributed by atoms with Crippen LogP contribution in [0, 0.1) is 0 Å². The van der Waals surface area contributed by atoms with Crippen LogP contribution in [0.15, 0.2) is 47.5 Å². The number of carbonyl (C=O) groups is 2. The van der Waals surface area contributed by atoms with Gasteiger partial charge in [-0.15, -0.1) is 11.3 Å². The van der Waals surface area contributed by atoms with Gasteiger partial charge < -0.3 is 9.64 Å². The fourth-order valence-electron chi connectivity index (χ4n) is 3.38. The Morgan fingerprint density at radius 3 is 2.44 bits per heavy atom. The van der Waals surface area contributed by atoms with Gasteiger partial charge in [0.25, 0.3) is 11.8 Å². The molecule has 0 atom stereocenters. The summed E-state index contributed by atoms with van der Waals surface area (Å²) in [7, 11) is 0. The minimum absolute atomic E-state index is 0.209. The molecule has 3 heterocycles. The van der Waals surface area contributed by atoms with E-state index in [-0.39, 0.29) is 11.8 Å². The molecule has 2 aliphatic rings. The molecule has 0 radical (unpaired) electrons. The number of thiophene rings is 1. The summed E-state index contributed by atoms with van der Waals surface area (Å²) < 4.78 is 5.41. The summed E-state index contributed by atoms with van der Waals surface area (Å²) in [6.07, 6.45) is 0.600. The molecule has 140 valence electrons. The molecule has 2 amide bonds. The van der Waals surface area contributed by atoms with Crippen molar-refractivity contribution in [2.45, 2.75) is 6.42 Å². The second-order valence-corrected chi connectivity index (χ2v) is 7.82. The van der Waals surface area contributed by atoms with Crippen molar-refractivity contribution in [2.24, 2.45) is 0 Å². The number of morpholine rings is 1. The number of benzene rings is 1. The highest BCUT2D eigenvalue weighted by molar-refractivity contribution is 7.11. The van der Waals surface area contributed by atoms with Crippen LogP contribution in [0.5, 0.6) is 0 Å². The number of hydrogen-bond donors (Lipinski definition) is 0. The topological polar surface area (TPSA) is 49.9 Å². The molecule has 4 rings (SSSR count). The predicted octanol–water partition coefficient (Wildman–Crippen LogP) is 3.06. The zero-order valence-corrected chi connectivity index (χ0v) is 16.3. The van der Waals surface area contributed by atoms with Gasteiger partial charge >= 0.3 is 0 Å². The van der Waals surface area contributed by atoms with Crippen LogP contribution in [0.1, 0.15) is 10.4 Å². The SMILES string of the molecule is O=C1C(c2cccs2)=C(N2CCOCC2)C(=O)N1CCc1ccc(Cl)cc1. The Morgan fingerprint density at radius 2 is 1.78 bits per heavy atom. The van der Waals surface area contributed by atoms with Crippen molar-refractivity contribution in [2.75, 3.05) is 32.8 Å². The number of nitrogens with zero attached hydrogens (tertiary/aromatic N) is 2. The van der Waals surface area contributed by atoms with Gasteiger partial charge in [-0.05, 0) is 35.6 Å². The molecule has 5 nitrogen and oxygen atoms in total. The maximum absolute atomic E-state index is 13.1. The summed E-state index contributed by atoms with van der Waals surface area (Å²) in [6, 6.07) is 11.3. The van der Waals surface area contributed by atoms with Crippen molar-refractivity contribution < 1.29 is 14.3 Å². The first-order valence-corrected chi connectivity index (χ1v) is 10.1. The predicted molar refractivity (Wildman–Crippen MR) is 106 cm³/mol. The summed E-state index contributed by atoms with van der Waals surface area (Å²) in [5.41, 5.74) is 2.08. The summed E-state index contributed by atoms with van der Waals surface area (Å²) in [6.45, 7) is 2.71. The molecule has 0 aliphatic carbocycles. The Morgan fingerprint density at radius 1 is 1.04 bits per heavy atom. The molecule has 0 saturated carbocycles. The standard InChI is InChI=1S/C20H19ClN2O3S/c21-15-5-3-14(4-6-15)7-8-23-19(24)17(16-2-1-13-27-16)18(20(23)25)22-9-11-26-12-10-22/h1-6,13H,7-12H2. The van der Waals surface area contributed by atoms with Crippen molar-refractivity contribution in [1.82, 2.24) is 9.80 Å². The molecule has 1 aromatic heterocycles. The van der Waals surface area contributed by atoms with Gasteiger partial charge in [0.1, 0.15) is 5.70 Å². The smallest absolute Gasteiger partial charge is 0.277 e. The van der Waals surface area contributed by atoms with E-state index in [1.807, 2.05) is 46.7 Å². The number of amides is 2. The van der Waals surface area contributed by atoms with E-state index in [1.54, 1.807) is 0 Å². The summed E-state index contributed by atoms with van der Waals surface area (Å²) in [5.74, 6) is -0.419. The van der Waals surface area contributed by atoms with E-state index in [2.05, 4.69) is 0 Å². The lowest BCUT2D eigenvalue weighted by Crippen LogP contribution is -2.40. The third-order valence-electron chi connectivity index (χ3n) is 4.78. The van der Waals surface area contributed by atoms with Crippen molar-refractivity contribution in [1.29, 1.82) is 0 Å². The number of carbonyl (C=O) groups excluding carboxylic acids is 2. The van der Waals surface area contributed by atoms with Crippen LogP contribution in [0.3, 0.4) is 0 Å². The van der Waals surface area contributed by atoms with E-state index in [4.69, 9.17) is 16.3 Å². The summed E-state index contributed by atoms with van der Waals surface area (Å²) in [5, 5.41) is 2.59. The van der Waals surface area contributed by atoms with Crippen molar-refractivity contribution in [3.63, 3.8) is 0 Å². The largest absolute Gasteiger partial charge is 0.378 e. The minimum atomic E-state index is -0.210. The molecule has 2 aliphatic heterocycles. The normalized spacial score (nSPS) is 18.0. The highest BCUT2D eigenvalue weighted by Crippen LogP contribution is 2.34. The van der Waals surface area contributed by atoms with E-state index in [0.717, 1.165) is 10.4 Å². The molecule has 0 bridgehead atoms. The molecular weight excluding hydrogens is 384 g/mol. The Bertz CT molecular complexity index is 871. The van der Waals surface area contributed by atoms with Crippen molar-refractivity contribution in [3.05, 3.63) is 62.9 Å². The fourth-order valence-corrected chi connectivity index (χ4v) is 4.27. The Kier molecular flexibility index (Phi) is 5.29. The molecule has 0 spiro atoms. The van der Waals surface area contributed by atoms with Crippen molar-refractivity contribution in [3.8, 4) is 0 Å². The van der Waals surface area contributed by atoms with Crippen LogP contribution < -0.4 is 0 Å². The van der Waals surface area contributed by atoms with Gasteiger partial charge in [0.05, 0.1) is 18.8 Å². The molecule has 1 saturated heterocycles. The van der Waals surface area contributed by atoms with E-state index in [9.17, 15) is 9.59 Å². The van der Waals surface area contributed by atoms with Gasteiger partial charge in [-0.1, -0.05) is 29.8 Å². The molecule has 7 heteroatoms. The molecular formula is C20H19ClN2O3S. The van der Waals surface area contributed by atoms with Gasteiger partial charge in [0, 0.05) is 29.5 Å². The maximum Gasteiger partial charge on any atom is 0.277 e. The first-order valence-electron chi connectivity index (χ1n) is 8.86. The number of hydrogen-bond acceptors (Lipinski definition) is 5. The van der Waals surface area contributed by atoms with Crippen LogP contribution in [0.4, 0.5) is 0 Å². The summed E-state index contributed by atoms with van der Waals surface area (Å²) in [4.78, 5) is 30.5. The number of halogens is 1.